The average Bonchev–Trinajstić information content (AvgIpc) is 2.64. The Morgan fingerprint density at radius 3 is 2.81 bits per heavy atom. The maximum atomic E-state index is 11.4. The van der Waals surface area contributed by atoms with Crippen LogP contribution in [0.2, 0.25) is 0 Å². The summed E-state index contributed by atoms with van der Waals surface area (Å²) in [6.07, 6.45) is 1.26. The summed E-state index contributed by atoms with van der Waals surface area (Å²) < 4.78 is 0. The molecule has 0 aromatic rings. The second-order valence-electron chi connectivity index (χ2n) is 4.90. The number of carbonyl (C=O) groups is 1. The van der Waals surface area contributed by atoms with Crippen LogP contribution in [0.5, 0.6) is 0 Å². The number of likely N-dealkylation sites (tertiary alicyclic amines) is 1. The average molecular weight is 227 g/mol. The van der Waals surface area contributed by atoms with Gasteiger partial charge in [-0.2, -0.15) is 0 Å². The van der Waals surface area contributed by atoms with E-state index in [0.717, 1.165) is 13.1 Å². The first-order valence-electron chi connectivity index (χ1n) is 6.34. The first-order valence-corrected chi connectivity index (χ1v) is 6.34. The van der Waals surface area contributed by atoms with Gasteiger partial charge >= 0.3 is 0 Å². The lowest BCUT2D eigenvalue weighted by Gasteiger charge is -2.14. The van der Waals surface area contributed by atoms with Crippen molar-refractivity contribution in [3.05, 3.63) is 0 Å². The summed E-state index contributed by atoms with van der Waals surface area (Å²) in [5.41, 5.74) is 0. The fraction of sp³-hybridized carbons (Fsp3) is 0.917. The third kappa shape index (κ3) is 4.94. The van der Waals surface area contributed by atoms with E-state index in [-0.39, 0.29) is 11.9 Å². The van der Waals surface area contributed by atoms with Gasteiger partial charge in [0.2, 0.25) is 5.91 Å². The van der Waals surface area contributed by atoms with E-state index >= 15 is 0 Å². The van der Waals surface area contributed by atoms with Crippen LogP contribution in [0.15, 0.2) is 0 Å². The molecule has 1 rings (SSSR count). The highest BCUT2D eigenvalue weighted by Crippen LogP contribution is 2.14. The lowest BCUT2D eigenvalue weighted by molar-refractivity contribution is -0.120. The maximum absolute atomic E-state index is 11.4. The molecule has 1 aliphatic rings. The van der Waals surface area contributed by atoms with Crippen molar-refractivity contribution in [1.82, 2.24) is 15.5 Å². The fourth-order valence-corrected chi connectivity index (χ4v) is 2.13. The molecule has 0 aliphatic carbocycles. The molecule has 94 valence electrons. The summed E-state index contributed by atoms with van der Waals surface area (Å²) >= 11 is 0. The monoisotopic (exact) mass is 227 g/mol. The molecule has 4 heteroatoms. The van der Waals surface area contributed by atoms with Gasteiger partial charge in [-0.05, 0) is 45.8 Å². The molecule has 1 unspecified atom stereocenters. The van der Waals surface area contributed by atoms with Crippen molar-refractivity contribution >= 4 is 5.91 Å². The summed E-state index contributed by atoms with van der Waals surface area (Å²) in [5, 5.41) is 6.11. The van der Waals surface area contributed by atoms with Crippen molar-refractivity contribution in [2.24, 2.45) is 5.92 Å². The van der Waals surface area contributed by atoms with Crippen molar-refractivity contribution in [1.29, 1.82) is 0 Å². The van der Waals surface area contributed by atoms with E-state index in [4.69, 9.17) is 0 Å². The predicted octanol–water partition coefficient (Wildman–Crippen LogP) is 0.442. The Bertz CT molecular complexity index is 218. The number of rotatable bonds is 6. The van der Waals surface area contributed by atoms with Crippen LogP contribution in [0.1, 0.15) is 27.2 Å². The maximum Gasteiger partial charge on any atom is 0.234 e. The summed E-state index contributed by atoms with van der Waals surface area (Å²) in [6.45, 7) is 11.1. The Morgan fingerprint density at radius 2 is 2.25 bits per heavy atom. The van der Waals surface area contributed by atoms with Gasteiger partial charge in [-0.25, -0.2) is 0 Å². The van der Waals surface area contributed by atoms with Gasteiger partial charge in [-0.3, -0.25) is 4.79 Å². The van der Waals surface area contributed by atoms with E-state index in [1.165, 1.54) is 19.5 Å². The van der Waals surface area contributed by atoms with E-state index in [1.54, 1.807) is 0 Å². The van der Waals surface area contributed by atoms with Crippen LogP contribution in [-0.4, -0.2) is 49.6 Å². The quantitative estimate of drug-likeness (QED) is 0.692. The zero-order chi connectivity index (χ0) is 12.0. The van der Waals surface area contributed by atoms with Gasteiger partial charge in [-0.1, -0.05) is 6.92 Å². The van der Waals surface area contributed by atoms with Crippen LogP contribution >= 0.6 is 0 Å². The molecular weight excluding hydrogens is 202 g/mol. The van der Waals surface area contributed by atoms with Crippen LogP contribution in [0.3, 0.4) is 0 Å². The lowest BCUT2D eigenvalue weighted by Crippen LogP contribution is -2.39. The molecule has 1 atom stereocenters. The largest absolute Gasteiger partial charge is 0.353 e. The zero-order valence-electron chi connectivity index (χ0n) is 10.8. The van der Waals surface area contributed by atoms with Crippen molar-refractivity contribution in [2.45, 2.75) is 33.2 Å². The smallest absolute Gasteiger partial charge is 0.234 e. The Labute approximate surface area is 98.8 Å². The van der Waals surface area contributed by atoms with Gasteiger partial charge in [0.05, 0.1) is 6.54 Å². The molecule has 0 bridgehead atoms. The summed E-state index contributed by atoms with van der Waals surface area (Å²) in [4.78, 5) is 13.8. The van der Waals surface area contributed by atoms with Gasteiger partial charge in [0.25, 0.3) is 0 Å². The molecular formula is C12H25N3O. The predicted molar refractivity (Wildman–Crippen MR) is 66.4 cm³/mol. The van der Waals surface area contributed by atoms with Crippen LogP contribution in [0, 0.1) is 5.92 Å². The molecule has 0 saturated carbocycles. The number of nitrogens with zero attached hydrogens (tertiary/aromatic N) is 1. The number of carbonyl (C=O) groups excluding carboxylic acids is 1. The van der Waals surface area contributed by atoms with Crippen LogP contribution in [0.4, 0.5) is 0 Å². The van der Waals surface area contributed by atoms with Crippen molar-refractivity contribution < 1.29 is 4.79 Å². The Balaban J connectivity index is 2.05. The standard InChI is InChI=1S/C12H25N3O/c1-4-15-6-5-11(9-15)7-13-8-12(16)14-10(2)3/h10-11,13H,4-9H2,1-3H3,(H,14,16). The van der Waals surface area contributed by atoms with Crippen LogP contribution < -0.4 is 10.6 Å². The Morgan fingerprint density at radius 1 is 1.50 bits per heavy atom. The SMILES string of the molecule is CCN1CCC(CNCC(=O)NC(C)C)C1. The van der Waals surface area contributed by atoms with E-state index in [9.17, 15) is 4.79 Å². The fourth-order valence-electron chi connectivity index (χ4n) is 2.13. The molecule has 2 N–H and O–H groups in total. The molecule has 1 saturated heterocycles. The minimum Gasteiger partial charge on any atom is -0.353 e. The second kappa shape index (κ2) is 6.86. The highest BCUT2D eigenvalue weighted by atomic mass is 16.1. The van der Waals surface area contributed by atoms with Crippen molar-refractivity contribution in [3.63, 3.8) is 0 Å². The van der Waals surface area contributed by atoms with E-state index in [2.05, 4.69) is 22.5 Å². The van der Waals surface area contributed by atoms with Gasteiger partial charge in [0.15, 0.2) is 0 Å². The molecule has 4 nitrogen and oxygen atoms in total. The van der Waals surface area contributed by atoms with Gasteiger partial charge in [0, 0.05) is 12.6 Å². The summed E-state index contributed by atoms with van der Waals surface area (Å²) in [5.74, 6) is 0.812. The molecule has 0 radical (unpaired) electrons. The summed E-state index contributed by atoms with van der Waals surface area (Å²) in [6, 6.07) is 0.233. The Kier molecular flexibility index (Phi) is 5.77. The molecule has 0 aromatic heterocycles. The molecule has 0 aromatic carbocycles. The topological polar surface area (TPSA) is 44.4 Å². The first-order chi connectivity index (χ1) is 7.61. The third-order valence-corrected chi connectivity index (χ3v) is 2.99. The molecule has 0 spiro atoms. The van der Waals surface area contributed by atoms with Gasteiger partial charge in [-0.15, -0.1) is 0 Å². The van der Waals surface area contributed by atoms with E-state index in [0.29, 0.717) is 12.5 Å². The zero-order valence-corrected chi connectivity index (χ0v) is 10.8. The van der Waals surface area contributed by atoms with Crippen molar-refractivity contribution in [2.75, 3.05) is 32.7 Å². The van der Waals surface area contributed by atoms with Crippen LogP contribution in [-0.2, 0) is 4.79 Å². The number of hydrogen-bond acceptors (Lipinski definition) is 3. The molecule has 1 aliphatic heterocycles. The van der Waals surface area contributed by atoms with E-state index in [1.807, 2.05) is 13.8 Å². The van der Waals surface area contributed by atoms with E-state index < -0.39 is 0 Å². The first kappa shape index (κ1) is 13.5. The number of hydrogen-bond donors (Lipinski definition) is 2. The number of amides is 1. The molecule has 16 heavy (non-hydrogen) atoms. The molecule has 1 fully saturated rings. The van der Waals surface area contributed by atoms with Gasteiger partial charge < -0.3 is 15.5 Å². The minimum atomic E-state index is 0.0975. The molecule has 1 amide bonds. The Hall–Kier alpha value is -0.610. The normalized spacial score (nSPS) is 21.6. The number of nitrogens with one attached hydrogen (secondary N) is 2. The summed E-state index contributed by atoms with van der Waals surface area (Å²) in [7, 11) is 0. The lowest BCUT2D eigenvalue weighted by atomic mass is 10.1. The second-order valence-corrected chi connectivity index (χ2v) is 4.90. The highest BCUT2D eigenvalue weighted by molar-refractivity contribution is 5.78. The molecule has 1 heterocycles. The van der Waals surface area contributed by atoms with Gasteiger partial charge in [0.1, 0.15) is 0 Å². The third-order valence-electron chi connectivity index (χ3n) is 2.99. The minimum absolute atomic E-state index is 0.0975. The van der Waals surface area contributed by atoms with Crippen LogP contribution in [0.25, 0.3) is 0 Å². The highest BCUT2D eigenvalue weighted by Gasteiger charge is 2.20. The van der Waals surface area contributed by atoms with Crippen molar-refractivity contribution in [3.8, 4) is 0 Å².